The molecule has 2 amide bonds. The Morgan fingerprint density at radius 2 is 1.71 bits per heavy atom. The van der Waals surface area contributed by atoms with E-state index in [9.17, 15) is 18.4 Å². The highest BCUT2D eigenvalue weighted by Gasteiger charge is 2.16. The Morgan fingerprint density at radius 1 is 1.04 bits per heavy atom. The summed E-state index contributed by atoms with van der Waals surface area (Å²) >= 11 is 0. The van der Waals surface area contributed by atoms with Gasteiger partial charge in [0.15, 0.2) is 0 Å². The van der Waals surface area contributed by atoms with Gasteiger partial charge in [-0.05, 0) is 29.8 Å². The van der Waals surface area contributed by atoms with Crippen molar-refractivity contribution in [1.82, 2.24) is 5.32 Å². The SMILES string of the molecule is CC(=O)N(CCC(=O)NCc1ccc(F)cc1)c1ccccc1F. The molecule has 0 bridgehead atoms. The van der Waals surface area contributed by atoms with Gasteiger partial charge in [0.2, 0.25) is 11.8 Å². The van der Waals surface area contributed by atoms with Gasteiger partial charge in [0.1, 0.15) is 11.6 Å². The number of anilines is 1. The number of nitrogens with one attached hydrogen (secondary N) is 1. The van der Waals surface area contributed by atoms with Crippen LogP contribution in [0.4, 0.5) is 14.5 Å². The van der Waals surface area contributed by atoms with Crippen molar-refractivity contribution in [2.45, 2.75) is 19.9 Å². The van der Waals surface area contributed by atoms with Crippen LogP contribution in [-0.2, 0) is 16.1 Å². The third kappa shape index (κ3) is 4.87. The van der Waals surface area contributed by atoms with Gasteiger partial charge in [0, 0.05) is 26.4 Å². The van der Waals surface area contributed by atoms with Crippen LogP contribution in [0.5, 0.6) is 0 Å². The van der Waals surface area contributed by atoms with Crippen molar-refractivity contribution in [3.63, 3.8) is 0 Å². The quantitative estimate of drug-likeness (QED) is 0.884. The number of rotatable bonds is 6. The predicted molar refractivity (Wildman–Crippen MR) is 87.3 cm³/mol. The second kappa shape index (κ2) is 8.19. The molecule has 126 valence electrons. The Bertz CT molecular complexity index is 717. The molecule has 0 aliphatic heterocycles. The fourth-order valence-electron chi connectivity index (χ4n) is 2.22. The highest BCUT2D eigenvalue weighted by molar-refractivity contribution is 5.92. The Balaban J connectivity index is 1.90. The number of hydrogen-bond donors (Lipinski definition) is 1. The monoisotopic (exact) mass is 332 g/mol. The zero-order valence-electron chi connectivity index (χ0n) is 13.3. The van der Waals surface area contributed by atoms with Gasteiger partial charge >= 0.3 is 0 Å². The van der Waals surface area contributed by atoms with Crippen LogP contribution >= 0.6 is 0 Å². The maximum atomic E-state index is 13.8. The molecule has 0 fully saturated rings. The van der Waals surface area contributed by atoms with E-state index in [1.165, 1.54) is 42.2 Å². The summed E-state index contributed by atoms with van der Waals surface area (Å²) in [6.07, 6.45) is 0.0368. The van der Waals surface area contributed by atoms with E-state index in [2.05, 4.69) is 5.32 Å². The molecule has 0 spiro atoms. The fourth-order valence-corrected chi connectivity index (χ4v) is 2.22. The van der Waals surface area contributed by atoms with Gasteiger partial charge in [-0.15, -0.1) is 0 Å². The highest BCUT2D eigenvalue weighted by Crippen LogP contribution is 2.19. The van der Waals surface area contributed by atoms with E-state index >= 15 is 0 Å². The zero-order valence-corrected chi connectivity index (χ0v) is 13.3. The number of amides is 2. The maximum Gasteiger partial charge on any atom is 0.223 e. The van der Waals surface area contributed by atoms with Gasteiger partial charge < -0.3 is 10.2 Å². The van der Waals surface area contributed by atoms with Crippen LogP contribution in [0.15, 0.2) is 48.5 Å². The number of nitrogens with zero attached hydrogens (tertiary/aromatic N) is 1. The third-order valence-corrected chi connectivity index (χ3v) is 3.49. The summed E-state index contributed by atoms with van der Waals surface area (Å²) in [6.45, 7) is 1.66. The topological polar surface area (TPSA) is 49.4 Å². The first-order chi connectivity index (χ1) is 11.5. The van der Waals surface area contributed by atoms with Gasteiger partial charge in [-0.2, -0.15) is 0 Å². The number of hydrogen-bond acceptors (Lipinski definition) is 2. The second-order valence-corrected chi connectivity index (χ2v) is 5.28. The summed E-state index contributed by atoms with van der Waals surface area (Å²) in [4.78, 5) is 24.9. The Kier molecular flexibility index (Phi) is 6.01. The smallest absolute Gasteiger partial charge is 0.223 e. The van der Waals surface area contributed by atoms with E-state index in [0.717, 1.165) is 5.56 Å². The average Bonchev–Trinajstić information content (AvgIpc) is 2.56. The molecule has 0 saturated heterocycles. The van der Waals surface area contributed by atoms with Crippen LogP contribution in [0, 0.1) is 11.6 Å². The van der Waals surface area contributed by atoms with Gasteiger partial charge in [0.25, 0.3) is 0 Å². The number of carbonyl (C=O) groups excluding carboxylic acids is 2. The van der Waals surface area contributed by atoms with E-state index in [1.54, 1.807) is 18.2 Å². The molecule has 2 aromatic carbocycles. The van der Waals surface area contributed by atoms with Gasteiger partial charge in [-0.3, -0.25) is 9.59 Å². The molecule has 0 atom stereocenters. The van der Waals surface area contributed by atoms with Gasteiger partial charge in [-0.25, -0.2) is 8.78 Å². The van der Waals surface area contributed by atoms with E-state index in [4.69, 9.17) is 0 Å². The lowest BCUT2D eigenvalue weighted by molar-refractivity contribution is -0.121. The number of para-hydroxylation sites is 1. The van der Waals surface area contributed by atoms with Crippen LogP contribution in [0.1, 0.15) is 18.9 Å². The van der Waals surface area contributed by atoms with Crippen LogP contribution in [0.3, 0.4) is 0 Å². The lowest BCUT2D eigenvalue weighted by Crippen LogP contribution is -2.34. The van der Waals surface area contributed by atoms with Crippen molar-refractivity contribution >= 4 is 17.5 Å². The molecule has 0 radical (unpaired) electrons. The van der Waals surface area contributed by atoms with Crippen LogP contribution < -0.4 is 10.2 Å². The van der Waals surface area contributed by atoms with Crippen molar-refractivity contribution in [3.05, 3.63) is 65.7 Å². The highest BCUT2D eigenvalue weighted by atomic mass is 19.1. The molecular weight excluding hydrogens is 314 g/mol. The van der Waals surface area contributed by atoms with Crippen molar-refractivity contribution in [2.24, 2.45) is 0 Å². The molecule has 1 N–H and O–H groups in total. The minimum Gasteiger partial charge on any atom is -0.352 e. The molecule has 6 heteroatoms. The van der Waals surface area contributed by atoms with Crippen LogP contribution in [-0.4, -0.2) is 18.4 Å². The van der Waals surface area contributed by atoms with Gasteiger partial charge in [0.05, 0.1) is 5.69 Å². The summed E-state index contributed by atoms with van der Waals surface area (Å²) in [5, 5.41) is 2.69. The molecular formula is C18H18F2N2O2. The first-order valence-corrected chi connectivity index (χ1v) is 7.51. The van der Waals surface area contributed by atoms with Gasteiger partial charge in [-0.1, -0.05) is 24.3 Å². The third-order valence-electron chi connectivity index (χ3n) is 3.49. The first kappa shape index (κ1) is 17.6. The molecule has 2 rings (SSSR count). The summed E-state index contributed by atoms with van der Waals surface area (Å²) in [5.74, 6) is -1.47. The minimum absolute atomic E-state index is 0.0368. The van der Waals surface area contributed by atoms with E-state index in [1.807, 2.05) is 0 Å². The molecule has 0 aromatic heterocycles. The first-order valence-electron chi connectivity index (χ1n) is 7.51. The maximum absolute atomic E-state index is 13.8. The minimum atomic E-state index is -0.514. The van der Waals surface area contributed by atoms with Crippen molar-refractivity contribution in [2.75, 3.05) is 11.4 Å². The normalized spacial score (nSPS) is 10.3. The molecule has 2 aromatic rings. The standard InChI is InChI=1S/C18H18F2N2O2/c1-13(23)22(17-5-3-2-4-16(17)20)11-10-18(24)21-12-14-6-8-15(19)9-7-14/h2-9H,10-12H2,1H3,(H,21,24). The number of benzene rings is 2. The lowest BCUT2D eigenvalue weighted by atomic mass is 10.2. The Labute approximate surface area is 139 Å². The molecule has 0 aliphatic rings. The molecule has 0 heterocycles. The van der Waals surface area contributed by atoms with Crippen LogP contribution in [0.2, 0.25) is 0 Å². The second-order valence-electron chi connectivity index (χ2n) is 5.28. The summed E-state index contributed by atoms with van der Waals surface area (Å²) in [5.41, 5.74) is 0.915. The summed E-state index contributed by atoms with van der Waals surface area (Å²) in [6, 6.07) is 11.7. The summed E-state index contributed by atoms with van der Waals surface area (Å²) < 4.78 is 26.6. The largest absolute Gasteiger partial charge is 0.352 e. The number of carbonyl (C=O) groups is 2. The Morgan fingerprint density at radius 3 is 2.33 bits per heavy atom. The van der Waals surface area contributed by atoms with E-state index in [-0.39, 0.29) is 42.8 Å². The summed E-state index contributed by atoms with van der Waals surface area (Å²) in [7, 11) is 0. The van der Waals surface area contributed by atoms with E-state index < -0.39 is 5.82 Å². The van der Waals surface area contributed by atoms with Crippen molar-refractivity contribution in [1.29, 1.82) is 0 Å². The average molecular weight is 332 g/mol. The molecule has 0 saturated carbocycles. The fraction of sp³-hybridized carbons (Fsp3) is 0.222. The zero-order chi connectivity index (χ0) is 17.5. The molecule has 24 heavy (non-hydrogen) atoms. The predicted octanol–water partition coefficient (Wildman–Crippen LogP) is 3.02. The van der Waals surface area contributed by atoms with E-state index in [0.29, 0.717) is 0 Å². The van der Waals surface area contributed by atoms with Crippen LogP contribution in [0.25, 0.3) is 0 Å². The molecule has 0 unspecified atom stereocenters. The van der Waals surface area contributed by atoms with Crippen molar-refractivity contribution < 1.29 is 18.4 Å². The molecule has 4 nitrogen and oxygen atoms in total. The Hall–Kier alpha value is -2.76. The van der Waals surface area contributed by atoms with Crippen molar-refractivity contribution in [3.8, 4) is 0 Å². The molecule has 0 aliphatic carbocycles. The lowest BCUT2D eigenvalue weighted by Gasteiger charge is -2.21. The number of halogens is 2.